The van der Waals surface area contributed by atoms with Crippen LogP contribution >= 0.6 is 11.6 Å². The van der Waals surface area contributed by atoms with Gasteiger partial charge in [-0.2, -0.15) is 0 Å². The van der Waals surface area contributed by atoms with Crippen LogP contribution in [0.3, 0.4) is 0 Å². The van der Waals surface area contributed by atoms with Crippen molar-refractivity contribution in [2.24, 2.45) is 5.92 Å². The first-order valence-corrected chi connectivity index (χ1v) is 7.19. The number of nitrogens with zero attached hydrogens (tertiary/aromatic N) is 1. The number of hydrogen-bond donors (Lipinski definition) is 1. The van der Waals surface area contributed by atoms with Crippen molar-refractivity contribution in [3.63, 3.8) is 0 Å². The third kappa shape index (κ3) is 3.21. The van der Waals surface area contributed by atoms with Crippen LogP contribution in [-0.4, -0.2) is 23.9 Å². The van der Waals surface area contributed by atoms with Gasteiger partial charge in [0.2, 0.25) is 0 Å². The Morgan fingerprint density at radius 3 is 2.79 bits per heavy atom. The number of rotatable bonds is 2. The van der Waals surface area contributed by atoms with E-state index in [1.807, 2.05) is 11.9 Å². The van der Waals surface area contributed by atoms with Crippen molar-refractivity contribution < 1.29 is 4.79 Å². The molecule has 2 atom stereocenters. The van der Waals surface area contributed by atoms with E-state index < -0.39 is 0 Å². The summed E-state index contributed by atoms with van der Waals surface area (Å²) >= 11 is 5.98. The van der Waals surface area contributed by atoms with E-state index in [0.717, 1.165) is 12.8 Å². The zero-order valence-corrected chi connectivity index (χ0v) is 12.3. The molecule has 3 nitrogen and oxygen atoms in total. The van der Waals surface area contributed by atoms with Crippen LogP contribution in [0, 0.1) is 5.92 Å². The van der Waals surface area contributed by atoms with E-state index >= 15 is 0 Å². The Balaban J connectivity index is 2.11. The Morgan fingerprint density at radius 2 is 2.16 bits per heavy atom. The number of nitrogen functional groups attached to an aromatic ring is 1. The minimum Gasteiger partial charge on any atom is -0.398 e. The fourth-order valence-electron chi connectivity index (χ4n) is 2.78. The van der Waals surface area contributed by atoms with Gasteiger partial charge in [-0.3, -0.25) is 4.79 Å². The predicted molar refractivity (Wildman–Crippen MR) is 79.4 cm³/mol. The number of amides is 1. The summed E-state index contributed by atoms with van der Waals surface area (Å²) in [5, 5.41) is 0.441. The van der Waals surface area contributed by atoms with Crippen molar-refractivity contribution in [3.05, 3.63) is 28.8 Å². The molecule has 1 saturated carbocycles. The monoisotopic (exact) mass is 280 g/mol. The number of carbonyl (C=O) groups is 1. The summed E-state index contributed by atoms with van der Waals surface area (Å²) in [6, 6.07) is 5.42. The maximum Gasteiger partial charge on any atom is 0.253 e. The minimum atomic E-state index is 0.0287. The first kappa shape index (κ1) is 14.2. The second-order valence-electron chi connectivity index (χ2n) is 5.58. The third-order valence-electron chi connectivity index (χ3n) is 4.02. The zero-order chi connectivity index (χ0) is 14.0. The fourth-order valence-corrected chi connectivity index (χ4v) is 2.96. The molecule has 2 unspecified atom stereocenters. The Kier molecular flexibility index (Phi) is 4.35. The van der Waals surface area contributed by atoms with Gasteiger partial charge in [-0.05, 0) is 37.0 Å². The summed E-state index contributed by atoms with van der Waals surface area (Å²) in [6.07, 6.45) is 4.65. The molecule has 0 bridgehead atoms. The molecule has 2 rings (SSSR count). The molecule has 0 aromatic heterocycles. The molecule has 0 radical (unpaired) electrons. The van der Waals surface area contributed by atoms with E-state index in [1.165, 1.54) is 12.8 Å². The lowest BCUT2D eigenvalue weighted by atomic mass is 9.86. The molecule has 2 N–H and O–H groups in total. The molecule has 1 aromatic rings. The molecular weight excluding hydrogens is 260 g/mol. The van der Waals surface area contributed by atoms with Gasteiger partial charge in [0.1, 0.15) is 0 Å². The van der Waals surface area contributed by atoms with Crippen molar-refractivity contribution in [1.82, 2.24) is 4.90 Å². The summed E-state index contributed by atoms with van der Waals surface area (Å²) in [5.41, 5.74) is 6.79. The average molecular weight is 281 g/mol. The Hall–Kier alpha value is -1.22. The summed E-state index contributed by atoms with van der Waals surface area (Å²) in [4.78, 5) is 14.3. The lowest BCUT2D eigenvalue weighted by Crippen LogP contribution is -2.39. The molecule has 4 heteroatoms. The molecule has 0 saturated heterocycles. The zero-order valence-electron chi connectivity index (χ0n) is 11.5. The summed E-state index contributed by atoms with van der Waals surface area (Å²) in [5.74, 6) is 0.727. The van der Waals surface area contributed by atoms with E-state index in [2.05, 4.69) is 6.92 Å². The molecular formula is C15H21ClN2O. The van der Waals surface area contributed by atoms with Gasteiger partial charge >= 0.3 is 0 Å². The quantitative estimate of drug-likeness (QED) is 0.842. The van der Waals surface area contributed by atoms with Crippen molar-refractivity contribution >= 4 is 23.2 Å². The lowest BCUT2D eigenvalue weighted by molar-refractivity contribution is 0.0672. The molecule has 1 fully saturated rings. The van der Waals surface area contributed by atoms with E-state index in [1.54, 1.807) is 18.2 Å². The number of hydrogen-bond acceptors (Lipinski definition) is 2. The van der Waals surface area contributed by atoms with Crippen molar-refractivity contribution in [1.29, 1.82) is 0 Å². The van der Waals surface area contributed by atoms with Gasteiger partial charge in [-0.25, -0.2) is 0 Å². The first-order valence-electron chi connectivity index (χ1n) is 6.81. The standard InChI is InChI=1S/C15H21ClN2O/c1-10-4-3-5-12(8-10)18(2)15(19)11-6-7-14(17)13(16)9-11/h6-7,9-10,12H,3-5,8,17H2,1-2H3. The maximum atomic E-state index is 12.4. The average Bonchev–Trinajstić information content (AvgIpc) is 2.40. The summed E-state index contributed by atoms with van der Waals surface area (Å²) in [7, 11) is 1.88. The summed E-state index contributed by atoms with van der Waals surface area (Å²) < 4.78 is 0. The van der Waals surface area contributed by atoms with Gasteiger partial charge in [0.05, 0.1) is 10.7 Å². The molecule has 1 amide bonds. The van der Waals surface area contributed by atoms with E-state index in [0.29, 0.717) is 28.2 Å². The molecule has 0 heterocycles. The number of halogens is 1. The highest BCUT2D eigenvalue weighted by atomic mass is 35.5. The maximum absolute atomic E-state index is 12.4. The van der Waals surface area contributed by atoms with Gasteiger partial charge < -0.3 is 10.6 Å². The molecule has 1 aliphatic rings. The molecule has 19 heavy (non-hydrogen) atoms. The summed E-state index contributed by atoms with van der Waals surface area (Å²) in [6.45, 7) is 2.25. The molecule has 104 valence electrons. The van der Waals surface area contributed by atoms with Crippen LogP contribution in [0.4, 0.5) is 5.69 Å². The molecule has 1 aromatic carbocycles. The normalized spacial score (nSPS) is 23.1. The van der Waals surface area contributed by atoms with Crippen LogP contribution in [0.5, 0.6) is 0 Å². The van der Waals surface area contributed by atoms with Crippen LogP contribution < -0.4 is 5.73 Å². The molecule has 0 aliphatic heterocycles. The third-order valence-corrected chi connectivity index (χ3v) is 4.35. The topological polar surface area (TPSA) is 46.3 Å². The molecule has 1 aliphatic carbocycles. The predicted octanol–water partition coefficient (Wildman–Crippen LogP) is 3.57. The molecule has 0 spiro atoms. The minimum absolute atomic E-state index is 0.0287. The second-order valence-corrected chi connectivity index (χ2v) is 5.99. The van der Waals surface area contributed by atoms with Crippen molar-refractivity contribution in [3.8, 4) is 0 Å². The van der Waals surface area contributed by atoms with Gasteiger partial charge in [-0.1, -0.05) is 31.4 Å². The van der Waals surface area contributed by atoms with Crippen LogP contribution in [0.1, 0.15) is 43.0 Å². The van der Waals surface area contributed by atoms with E-state index in [4.69, 9.17) is 17.3 Å². The van der Waals surface area contributed by atoms with E-state index in [9.17, 15) is 4.79 Å². The van der Waals surface area contributed by atoms with Gasteiger partial charge in [-0.15, -0.1) is 0 Å². The fraction of sp³-hybridized carbons (Fsp3) is 0.533. The van der Waals surface area contributed by atoms with Gasteiger partial charge in [0.15, 0.2) is 0 Å². The lowest BCUT2D eigenvalue weighted by Gasteiger charge is -2.34. The smallest absolute Gasteiger partial charge is 0.253 e. The number of nitrogens with two attached hydrogens (primary N) is 1. The highest BCUT2D eigenvalue weighted by Gasteiger charge is 2.26. The van der Waals surface area contributed by atoms with Crippen LogP contribution in [0.25, 0.3) is 0 Å². The van der Waals surface area contributed by atoms with Crippen molar-refractivity contribution in [2.45, 2.75) is 38.6 Å². The highest BCUT2D eigenvalue weighted by Crippen LogP contribution is 2.28. The largest absolute Gasteiger partial charge is 0.398 e. The second kappa shape index (κ2) is 5.83. The first-order chi connectivity index (χ1) is 8.99. The van der Waals surface area contributed by atoms with Crippen molar-refractivity contribution in [2.75, 3.05) is 12.8 Å². The number of benzene rings is 1. The Labute approximate surface area is 119 Å². The Morgan fingerprint density at radius 1 is 1.42 bits per heavy atom. The van der Waals surface area contributed by atoms with Crippen LogP contribution in [-0.2, 0) is 0 Å². The Bertz CT molecular complexity index is 475. The highest BCUT2D eigenvalue weighted by molar-refractivity contribution is 6.33. The van der Waals surface area contributed by atoms with Gasteiger partial charge in [0.25, 0.3) is 5.91 Å². The van der Waals surface area contributed by atoms with Gasteiger partial charge in [0, 0.05) is 18.7 Å². The number of anilines is 1. The number of carbonyl (C=O) groups excluding carboxylic acids is 1. The SMILES string of the molecule is CC1CCCC(N(C)C(=O)c2ccc(N)c(Cl)c2)C1. The van der Waals surface area contributed by atoms with E-state index in [-0.39, 0.29) is 5.91 Å². The van der Waals surface area contributed by atoms with Crippen LogP contribution in [0.15, 0.2) is 18.2 Å². The van der Waals surface area contributed by atoms with Crippen LogP contribution in [0.2, 0.25) is 5.02 Å².